The lowest BCUT2D eigenvalue weighted by Crippen LogP contribution is -2.19. The van der Waals surface area contributed by atoms with E-state index in [-0.39, 0.29) is 11.2 Å². The Bertz CT molecular complexity index is 1440. The summed E-state index contributed by atoms with van der Waals surface area (Å²) in [7, 11) is 1.60. The van der Waals surface area contributed by atoms with Crippen LogP contribution in [-0.2, 0) is 5.41 Å². The average Bonchev–Trinajstić information content (AvgIpc) is 2.93. The number of carbonyl (C=O) groups is 1. The molecule has 0 saturated carbocycles. The van der Waals surface area contributed by atoms with Crippen molar-refractivity contribution in [3.8, 4) is 17.2 Å². The SMILES string of the molecule is C=Cc1cc(C(C)(C)c2ccc(Oc3ccc(C(=O)c4ccc(OC)cc4)cc3)c(C=C)c2)ccc1C. The van der Waals surface area contributed by atoms with Gasteiger partial charge in [-0.15, -0.1) is 0 Å². The van der Waals surface area contributed by atoms with Crippen LogP contribution in [0.1, 0.15) is 57.6 Å². The van der Waals surface area contributed by atoms with Crippen LogP contribution in [0.3, 0.4) is 0 Å². The van der Waals surface area contributed by atoms with Gasteiger partial charge in [-0.1, -0.05) is 63.4 Å². The van der Waals surface area contributed by atoms with Gasteiger partial charge in [0.25, 0.3) is 0 Å². The van der Waals surface area contributed by atoms with Crippen LogP contribution in [0.25, 0.3) is 12.2 Å². The maximum atomic E-state index is 12.8. The summed E-state index contributed by atoms with van der Waals surface area (Å²) in [4.78, 5) is 12.8. The molecule has 0 unspecified atom stereocenters. The molecule has 0 saturated heterocycles. The van der Waals surface area contributed by atoms with Crippen molar-refractivity contribution in [2.45, 2.75) is 26.2 Å². The van der Waals surface area contributed by atoms with E-state index in [9.17, 15) is 4.79 Å². The predicted octanol–water partition coefficient (Wildman–Crippen LogP) is 8.64. The van der Waals surface area contributed by atoms with Crippen LogP contribution < -0.4 is 9.47 Å². The monoisotopic (exact) mass is 488 g/mol. The van der Waals surface area contributed by atoms with Crippen LogP contribution >= 0.6 is 0 Å². The zero-order valence-corrected chi connectivity index (χ0v) is 21.9. The fourth-order valence-corrected chi connectivity index (χ4v) is 4.32. The van der Waals surface area contributed by atoms with Gasteiger partial charge in [-0.3, -0.25) is 4.79 Å². The van der Waals surface area contributed by atoms with E-state index in [0.717, 1.165) is 16.7 Å². The number of rotatable bonds is 9. The van der Waals surface area contributed by atoms with Crippen LogP contribution in [0.2, 0.25) is 0 Å². The van der Waals surface area contributed by atoms with Crippen LogP contribution in [0.5, 0.6) is 17.2 Å². The molecule has 186 valence electrons. The molecule has 0 N–H and O–H groups in total. The van der Waals surface area contributed by atoms with E-state index in [1.54, 1.807) is 49.6 Å². The molecular formula is C34H32O3. The van der Waals surface area contributed by atoms with E-state index in [0.29, 0.717) is 28.4 Å². The highest BCUT2D eigenvalue weighted by Gasteiger charge is 2.24. The molecule has 0 amide bonds. The van der Waals surface area contributed by atoms with Gasteiger partial charge < -0.3 is 9.47 Å². The molecule has 0 aliphatic carbocycles. The third kappa shape index (κ3) is 5.41. The van der Waals surface area contributed by atoms with Crippen molar-refractivity contribution in [3.05, 3.63) is 137 Å². The van der Waals surface area contributed by atoms with Crippen molar-refractivity contribution in [2.75, 3.05) is 7.11 Å². The molecular weight excluding hydrogens is 456 g/mol. The van der Waals surface area contributed by atoms with Gasteiger partial charge in [-0.05, 0) is 89.8 Å². The van der Waals surface area contributed by atoms with Gasteiger partial charge in [0, 0.05) is 22.1 Å². The van der Waals surface area contributed by atoms with Gasteiger partial charge >= 0.3 is 0 Å². The summed E-state index contributed by atoms with van der Waals surface area (Å²) in [6.07, 6.45) is 3.71. The summed E-state index contributed by atoms with van der Waals surface area (Å²) in [5.74, 6) is 2.02. The number of hydrogen-bond donors (Lipinski definition) is 0. The first-order valence-electron chi connectivity index (χ1n) is 12.2. The summed E-state index contributed by atoms with van der Waals surface area (Å²) >= 11 is 0. The minimum atomic E-state index is -0.217. The second-order valence-electron chi connectivity index (χ2n) is 9.54. The quantitative estimate of drug-likeness (QED) is 0.221. The number of ether oxygens (including phenoxy) is 2. The van der Waals surface area contributed by atoms with Gasteiger partial charge in [-0.2, -0.15) is 0 Å². The lowest BCUT2D eigenvalue weighted by Gasteiger charge is -2.28. The number of carbonyl (C=O) groups excluding carboxylic acids is 1. The van der Waals surface area contributed by atoms with Crippen molar-refractivity contribution in [1.82, 2.24) is 0 Å². The predicted molar refractivity (Wildman–Crippen MR) is 153 cm³/mol. The molecule has 0 fully saturated rings. The number of hydrogen-bond acceptors (Lipinski definition) is 3. The maximum Gasteiger partial charge on any atom is 0.193 e. The minimum absolute atomic E-state index is 0.0525. The van der Waals surface area contributed by atoms with Crippen molar-refractivity contribution < 1.29 is 14.3 Å². The fraction of sp³-hybridized carbons (Fsp3) is 0.147. The van der Waals surface area contributed by atoms with Crippen LogP contribution in [0.4, 0.5) is 0 Å². The standard InChI is InChI=1S/C34H32O3/c1-7-24-21-28(14-9-23(24)3)34(4,5)29-15-20-32(25(8-2)22-29)37-31-18-12-27(13-19-31)33(35)26-10-16-30(36-6)17-11-26/h7-22H,1-2H2,3-6H3. The molecule has 4 aromatic rings. The van der Waals surface area contributed by atoms with Crippen molar-refractivity contribution >= 4 is 17.9 Å². The maximum absolute atomic E-state index is 12.8. The third-order valence-corrected chi connectivity index (χ3v) is 6.87. The van der Waals surface area contributed by atoms with Crippen LogP contribution in [0.15, 0.2) is 98.1 Å². The first-order valence-corrected chi connectivity index (χ1v) is 12.2. The molecule has 4 rings (SSSR count). The van der Waals surface area contributed by atoms with E-state index < -0.39 is 0 Å². The summed E-state index contributed by atoms with van der Waals surface area (Å²) in [6.45, 7) is 14.5. The molecule has 0 heterocycles. The Kier molecular flexibility index (Phi) is 7.45. The summed E-state index contributed by atoms with van der Waals surface area (Å²) in [5.41, 5.74) is 6.62. The van der Waals surface area contributed by atoms with Crippen molar-refractivity contribution in [2.24, 2.45) is 0 Å². The van der Waals surface area contributed by atoms with Crippen molar-refractivity contribution in [3.63, 3.8) is 0 Å². The Morgan fingerprint density at radius 2 is 1.24 bits per heavy atom. The van der Waals surface area contributed by atoms with E-state index >= 15 is 0 Å². The minimum Gasteiger partial charge on any atom is -0.497 e. The highest BCUT2D eigenvalue weighted by atomic mass is 16.5. The zero-order chi connectivity index (χ0) is 26.6. The molecule has 0 spiro atoms. The number of ketones is 1. The zero-order valence-electron chi connectivity index (χ0n) is 21.9. The lowest BCUT2D eigenvalue weighted by molar-refractivity contribution is 0.103. The molecule has 4 aromatic carbocycles. The molecule has 0 radical (unpaired) electrons. The number of aryl methyl sites for hydroxylation is 1. The molecule has 0 aliphatic rings. The second kappa shape index (κ2) is 10.7. The molecule has 0 aromatic heterocycles. The Labute approximate surface area is 219 Å². The van der Waals surface area contributed by atoms with E-state index in [4.69, 9.17) is 9.47 Å². The van der Waals surface area contributed by atoms with Gasteiger partial charge in [0.2, 0.25) is 0 Å². The highest BCUT2D eigenvalue weighted by molar-refractivity contribution is 6.09. The van der Waals surface area contributed by atoms with Crippen molar-refractivity contribution in [1.29, 1.82) is 0 Å². The highest BCUT2D eigenvalue weighted by Crippen LogP contribution is 2.36. The third-order valence-electron chi connectivity index (χ3n) is 6.87. The molecule has 3 heteroatoms. The second-order valence-corrected chi connectivity index (χ2v) is 9.54. The lowest BCUT2D eigenvalue weighted by atomic mass is 9.77. The topological polar surface area (TPSA) is 35.5 Å². The Morgan fingerprint density at radius 1 is 0.730 bits per heavy atom. The van der Waals surface area contributed by atoms with Gasteiger partial charge in [0.1, 0.15) is 17.2 Å². The average molecular weight is 489 g/mol. The van der Waals surface area contributed by atoms with E-state index in [2.05, 4.69) is 64.3 Å². The summed E-state index contributed by atoms with van der Waals surface area (Å²) in [6, 6.07) is 27.0. The smallest absolute Gasteiger partial charge is 0.193 e. The molecule has 0 bridgehead atoms. The van der Waals surface area contributed by atoms with E-state index in [1.165, 1.54) is 11.1 Å². The van der Waals surface area contributed by atoms with Crippen LogP contribution in [-0.4, -0.2) is 12.9 Å². The molecule has 0 atom stereocenters. The first-order chi connectivity index (χ1) is 17.8. The largest absolute Gasteiger partial charge is 0.497 e. The number of methoxy groups -OCH3 is 1. The van der Waals surface area contributed by atoms with E-state index in [1.807, 2.05) is 24.3 Å². The summed E-state index contributed by atoms with van der Waals surface area (Å²) < 4.78 is 11.4. The van der Waals surface area contributed by atoms with Gasteiger partial charge in [-0.25, -0.2) is 0 Å². The first kappa shape index (κ1) is 25.7. The molecule has 37 heavy (non-hydrogen) atoms. The molecule has 3 nitrogen and oxygen atoms in total. The molecule has 0 aliphatic heterocycles. The summed E-state index contributed by atoms with van der Waals surface area (Å²) in [5, 5.41) is 0. The van der Waals surface area contributed by atoms with Gasteiger partial charge in [0.05, 0.1) is 7.11 Å². The number of benzene rings is 4. The Balaban J connectivity index is 1.55. The van der Waals surface area contributed by atoms with Gasteiger partial charge in [0.15, 0.2) is 5.78 Å². The Hall–Kier alpha value is -4.37. The normalized spacial score (nSPS) is 11.0. The Morgan fingerprint density at radius 3 is 1.78 bits per heavy atom. The van der Waals surface area contributed by atoms with Crippen LogP contribution in [0, 0.1) is 6.92 Å². The fourth-order valence-electron chi connectivity index (χ4n) is 4.32.